The molecule has 1 aliphatic rings. The van der Waals surface area contributed by atoms with Crippen molar-refractivity contribution in [3.8, 4) is 0 Å². The minimum atomic E-state index is 0.271. The molecule has 0 spiro atoms. The van der Waals surface area contributed by atoms with Crippen molar-refractivity contribution in [2.75, 3.05) is 0 Å². The maximum absolute atomic E-state index is 3.62. The van der Waals surface area contributed by atoms with E-state index in [1.165, 1.54) is 12.8 Å². The van der Waals surface area contributed by atoms with Crippen molar-refractivity contribution in [1.29, 1.82) is 0 Å². The van der Waals surface area contributed by atoms with Crippen LogP contribution >= 0.6 is 0 Å². The van der Waals surface area contributed by atoms with E-state index in [0.29, 0.717) is 6.04 Å². The second kappa shape index (κ2) is 3.97. The molecular weight excluding hydrogens is 160 g/mol. The quantitative estimate of drug-likeness (QED) is 0.700. The van der Waals surface area contributed by atoms with Gasteiger partial charge in [-0.1, -0.05) is 13.8 Å². The zero-order valence-electron chi connectivity index (χ0n) is 9.65. The van der Waals surface area contributed by atoms with Crippen LogP contribution in [0.4, 0.5) is 0 Å². The molecule has 2 N–H and O–H groups in total. The van der Waals surface area contributed by atoms with Crippen LogP contribution in [0, 0.1) is 0 Å². The Morgan fingerprint density at radius 3 is 2.00 bits per heavy atom. The smallest absolute Gasteiger partial charge is 0.0101 e. The van der Waals surface area contributed by atoms with Crippen LogP contribution in [-0.2, 0) is 0 Å². The van der Waals surface area contributed by atoms with Crippen LogP contribution in [0.2, 0.25) is 0 Å². The van der Waals surface area contributed by atoms with Gasteiger partial charge in [-0.2, -0.15) is 0 Å². The molecule has 1 aliphatic carbocycles. The van der Waals surface area contributed by atoms with E-state index in [9.17, 15) is 0 Å². The lowest BCUT2D eigenvalue weighted by molar-refractivity contribution is 0.200. The Kier molecular flexibility index (Phi) is 3.36. The highest BCUT2D eigenvalue weighted by Gasteiger charge is 2.31. The standard InChI is InChI=1S/C11H24N2/c1-8(2)12-9-6-10(7-9)13-11(3,4)5/h8-10,12-13H,6-7H2,1-5H3. The van der Waals surface area contributed by atoms with Gasteiger partial charge >= 0.3 is 0 Å². The molecule has 2 heteroatoms. The van der Waals surface area contributed by atoms with Gasteiger partial charge in [0, 0.05) is 23.7 Å². The number of rotatable bonds is 3. The lowest BCUT2D eigenvalue weighted by Crippen LogP contribution is -2.56. The Morgan fingerprint density at radius 1 is 1.08 bits per heavy atom. The van der Waals surface area contributed by atoms with Gasteiger partial charge in [-0.3, -0.25) is 0 Å². The zero-order valence-corrected chi connectivity index (χ0v) is 9.65. The summed E-state index contributed by atoms with van der Waals surface area (Å²) < 4.78 is 0. The Balaban J connectivity index is 2.12. The predicted molar refractivity (Wildman–Crippen MR) is 58.0 cm³/mol. The summed E-state index contributed by atoms with van der Waals surface area (Å²) in [5.41, 5.74) is 0.271. The highest BCUT2D eigenvalue weighted by atomic mass is 15.1. The van der Waals surface area contributed by atoms with Crippen LogP contribution in [0.15, 0.2) is 0 Å². The summed E-state index contributed by atoms with van der Waals surface area (Å²) in [6.45, 7) is 11.1. The molecule has 13 heavy (non-hydrogen) atoms. The fourth-order valence-electron chi connectivity index (χ4n) is 1.96. The van der Waals surface area contributed by atoms with Crippen LogP contribution in [0.5, 0.6) is 0 Å². The summed E-state index contributed by atoms with van der Waals surface area (Å²) in [6.07, 6.45) is 2.57. The van der Waals surface area contributed by atoms with Crippen LogP contribution in [0.3, 0.4) is 0 Å². The summed E-state index contributed by atoms with van der Waals surface area (Å²) in [5.74, 6) is 0. The van der Waals surface area contributed by atoms with Gasteiger partial charge in [-0.05, 0) is 33.6 Å². The van der Waals surface area contributed by atoms with E-state index in [-0.39, 0.29) is 5.54 Å². The van der Waals surface area contributed by atoms with E-state index in [1.807, 2.05) is 0 Å². The van der Waals surface area contributed by atoms with Crippen LogP contribution < -0.4 is 10.6 Å². The van der Waals surface area contributed by atoms with Crippen molar-refractivity contribution in [2.45, 2.75) is 71.1 Å². The topological polar surface area (TPSA) is 24.1 Å². The third-order valence-corrected chi connectivity index (χ3v) is 2.34. The number of nitrogens with one attached hydrogen (secondary N) is 2. The fraction of sp³-hybridized carbons (Fsp3) is 1.00. The molecule has 0 radical (unpaired) electrons. The average molecular weight is 184 g/mol. The molecule has 0 aliphatic heterocycles. The molecule has 0 saturated heterocycles. The first kappa shape index (κ1) is 11.0. The molecule has 78 valence electrons. The normalized spacial score (nSPS) is 29.1. The molecule has 1 rings (SSSR count). The van der Waals surface area contributed by atoms with E-state index < -0.39 is 0 Å². The first-order chi connectivity index (χ1) is 5.87. The molecule has 0 aromatic rings. The molecule has 1 fully saturated rings. The third-order valence-electron chi connectivity index (χ3n) is 2.34. The van der Waals surface area contributed by atoms with E-state index >= 15 is 0 Å². The Labute approximate surface area is 82.5 Å². The number of hydrogen-bond acceptors (Lipinski definition) is 2. The van der Waals surface area contributed by atoms with Gasteiger partial charge in [0.15, 0.2) is 0 Å². The van der Waals surface area contributed by atoms with E-state index in [0.717, 1.165) is 12.1 Å². The van der Waals surface area contributed by atoms with Gasteiger partial charge < -0.3 is 10.6 Å². The monoisotopic (exact) mass is 184 g/mol. The summed E-state index contributed by atoms with van der Waals surface area (Å²) in [7, 11) is 0. The number of hydrogen-bond donors (Lipinski definition) is 2. The lowest BCUT2D eigenvalue weighted by Gasteiger charge is -2.41. The third kappa shape index (κ3) is 4.10. The second-order valence-corrected chi connectivity index (χ2v) is 5.58. The van der Waals surface area contributed by atoms with Crippen molar-refractivity contribution >= 4 is 0 Å². The second-order valence-electron chi connectivity index (χ2n) is 5.58. The lowest BCUT2D eigenvalue weighted by atomic mass is 9.84. The average Bonchev–Trinajstić information content (AvgIpc) is 1.78. The van der Waals surface area contributed by atoms with Gasteiger partial charge in [0.05, 0.1) is 0 Å². The van der Waals surface area contributed by atoms with Crippen molar-refractivity contribution in [3.63, 3.8) is 0 Å². The van der Waals surface area contributed by atoms with Gasteiger partial charge in [0.2, 0.25) is 0 Å². The maximum Gasteiger partial charge on any atom is 0.0101 e. The van der Waals surface area contributed by atoms with Gasteiger partial charge in [-0.25, -0.2) is 0 Å². The molecular formula is C11H24N2. The van der Waals surface area contributed by atoms with E-state index in [4.69, 9.17) is 0 Å². The maximum atomic E-state index is 3.62. The van der Waals surface area contributed by atoms with Gasteiger partial charge in [0.25, 0.3) is 0 Å². The zero-order chi connectivity index (χ0) is 10.1. The van der Waals surface area contributed by atoms with E-state index in [2.05, 4.69) is 45.3 Å². The molecule has 0 aromatic heterocycles. The molecule has 0 amide bonds. The Bertz CT molecular complexity index is 152. The van der Waals surface area contributed by atoms with Crippen LogP contribution in [0.25, 0.3) is 0 Å². The molecule has 0 aromatic carbocycles. The molecule has 0 atom stereocenters. The first-order valence-corrected chi connectivity index (χ1v) is 5.40. The Morgan fingerprint density at radius 2 is 1.62 bits per heavy atom. The Hall–Kier alpha value is -0.0800. The van der Waals surface area contributed by atoms with Crippen LogP contribution in [-0.4, -0.2) is 23.7 Å². The molecule has 0 bridgehead atoms. The van der Waals surface area contributed by atoms with Crippen molar-refractivity contribution in [2.24, 2.45) is 0 Å². The summed E-state index contributed by atoms with van der Waals surface area (Å²) in [5, 5.41) is 7.17. The SMILES string of the molecule is CC(C)NC1CC(NC(C)(C)C)C1. The molecule has 0 heterocycles. The molecule has 2 nitrogen and oxygen atoms in total. The highest BCUT2D eigenvalue weighted by molar-refractivity contribution is 4.93. The van der Waals surface area contributed by atoms with E-state index in [1.54, 1.807) is 0 Å². The minimum Gasteiger partial charge on any atom is -0.312 e. The first-order valence-electron chi connectivity index (χ1n) is 5.40. The largest absolute Gasteiger partial charge is 0.312 e. The van der Waals surface area contributed by atoms with Gasteiger partial charge in [0.1, 0.15) is 0 Å². The fourth-order valence-corrected chi connectivity index (χ4v) is 1.96. The minimum absolute atomic E-state index is 0.271. The predicted octanol–water partition coefficient (Wildman–Crippen LogP) is 1.90. The summed E-state index contributed by atoms with van der Waals surface area (Å²) >= 11 is 0. The van der Waals surface area contributed by atoms with Crippen LogP contribution in [0.1, 0.15) is 47.5 Å². The van der Waals surface area contributed by atoms with Gasteiger partial charge in [-0.15, -0.1) is 0 Å². The molecule has 1 saturated carbocycles. The summed E-state index contributed by atoms with van der Waals surface area (Å²) in [6, 6.07) is 2.11. The van der Waals surface area contributed by atoms with Crippen molar-refractivity contribution in [1.82, 2.24) is 10.6 Å². The highest BCUT2D eigenvalue weighted by Crippen LogP contribution is 2.22. The van der Waals surface area contributed by atoms with Crippen molar-refractivity contribution < 1.29 is 0 Å². The molecule has 0 unspecified atom stereocenters. The summed E-state index contributed by atoms with van der Waals surface area (Å²) in [4.78, 5) is 0. The van der Waals surface area contributed by atoms with Crippen molar-refractivity contribution in [3.05, 3.63) is 0 Å².